The van der Waals surface area contributed by atoms with Gasteiger partial charge >= 0.3 is 12.1 Å². The van der Waals surface area contributed by atoms with Crippen molar-refractivity contribution in [2.75, 3.05) is 25.1 Å². The zero-order valence-corrected chi connectivity index (χ0v) is 14.6. The van der Waals surface area contributed by atoms with E-state index >= 15 is 0 Å². The second-order valence-corrected chi connectivity index (χ2v) is 5.85. The Morgan fingerprint density at radius 3 is 2.89 bits per heavy atom. The fourth-order valence-corrected chi connectivity index (χ4v) is 2.63. The number of halogens is 1. The lowest BCUT2D eigenvalue weighted by Gasteiger charge is -2.14. The molecule has 2 heterocycles. The lowest BCUT2D eigenvalue weighted by Crippen LogP contribution is -2.33. The summed E-state index contributed by atoms with van der Waals surface area (Å²) in [6.45, 7) is 1.74. The van der Waals surface area contributed by atoms with Crippen molar-refractivity contribution >= 4 is 23.7 Å². The molecule has 1 atom stereocenters. The van der Waals surface area contributed by atoms with Gasteiger partial charge in [0.25, 0.3) is 0 Å². The highest BCUT2D eigenvalue weighted by Gasteiger charge is 2.32. The molecule has 1 aromatic heterocycles. The second kappa shape index (κ2) is 7.44. The number of benzene rings is 1. The van der Waals surface area contributed by atoms with Gasteiger partial charge in [0.1, 0.15) is 18.2 Å². The first-order chi connectivity index (χ1) is 12.9. The molecule has 1 fully saturated rings. The summed E-state index contributed by atoms with van der Waals surface area (Å²) < 4.78 is 25.6. The Kier molecular flexibility index (Phi) is 5.06. The topological polar surface area (TPSA) is 103 Å². The lowest BCUT2D eigenvalue weighted by molar-refractivity contribution is -0.119. The number of rotatable bonds is 5. The minimum Gasteiger partial charge on any atom is -0.464 e. The Bertz CT molecular complexity index is 897. The third-order valence-corrected chi connectivity index (χ3v) is 3.95. The standard InChI is InChI=1S/C17H17FN4O5/c1-10(23)19-6-12-7-22(17(25)27-12)11-3-4-15(13(18)5-11)21-8-14(20-9-21)16(24)26-2/h3-5,8-9,12H,6-7H2,1-2H3,(H,19,23)/t12-/m0/s1. The number of cyclic esters (lactones) is 1. The molecular weight excluding hydrogens is 359 g/mol. The van der Waals surface area contributed by atoms with E-state index in [4.69, 9.17) is 4.74 Å². The third-order valence-electron chi connectivity index (χ3n) is 3.95. The number of carbonyl (C=O) groups excluding carboxylic acids is 3. The Labute approximate surface area is 153 Å². The van der Waals surface area contributed by atoms with Crippen LogP contribution in [0, 0.1) is 5.82 Å². The molecule has 142 valence electrons. The van der Waals surface area contributed by atoms with Crippen molar-refractivity contribution in [2.45, 2.75) is 13.0 Å². The van der Waals surface area contributed by atoms with E-state index in [9.17, 15) is 18.8 Å². The molecule has 0 bridgehead atoms. The predicted molar refractivity (Wildman–Crippen MR) is 91.2 cm³/mol. The van der Waals surface area contributed by atoms with Crippen molar-refractivity contribution in [3.8, 4) is 5.69 Å². The molecule has 2 amide bonds. The zero-order chi connectivity index (χ0) is 19.6. The largest absolute Gasteiger partial charge is 0.464 e. The van der Waals surface area contributed by atoms with Gasteiger partial charge in [-0.15, -0.1) is 0 Å². The van der Waals surface area contributed by atoms with Crippen LogP contribution < -0.4 is 10.2 Å². The first kappa shape index (κ1) is 18.4. The summed E-state index contributed by atoms with van der Waals surface area (Å²) in [6, 6.07) is 4.20. The van der Waals surface area contributed by atoms with Crippen LogP contribution in [0.2, 0.25) is 0 Å². The summed E-state index contributed by atoms with van der Waals surface area (Å²) in [7, 11) is 1.23. The van der Waals surface area contributed by atoms with Gasteiger partial charge < -0.3 is 19.4 Å². The van der Waals surface area contributed by atoms with Gasteiger partial charge in [-0.3, -0.25) is 9.69 Å². The summed E-state index contributed by atoms with van der Waals surface area (Å²) in [5.41, 5.74) is 0.522. The highest BCUT2D eigenvalue weighted by atomic mass is 19.1. The lowest BCUT2D eigenvalue weighted by atomic mass is 10.2. The Morgan fingerprint density at radius 1 is 1.44 bits per heavy atom. The number of nitrogens with one attached hydrogen (secondary N) is 1. The summed E-state index contributed by atoms with van der Waals surface area (Å²) >= 11 is 0. The number of hydrogen-bond acceptors (Lipinski definition) is 6. The average molecular weight is 376 g/mol. The normalized spacial score (nSPS) is 16.2. The van der Waals surface area contributed by atoms with Gasteiger partial charge in [0.05, 0.1) is 31.6 Å². The third kappa shape index (κ3) is 3.89. The smallest absolute Gasteiger partial charge is 0.414 e. The van der Waals surface area contributed by atoms with Crippen molar-refractivity contribution in [3.05, 3.63) is 42.2 Å². The van der Waals surface area contributed by atoms with Gasteiger partial charge in [0, 0.05) is 13.1 Å². The molecule has 0 saturated carbocycles. The maximum atomic E-state index is 14.6. The number of aromatic nitrogens is 2. The minimum atomic E-state index is -0.629. The van der Waals surface area contributed by atoms with E-state index in [1.807, 2.05) is 0 Å². The molecule has 0 aliphatic carbocycles. The molecule has 10 heteroatoms. The first-order valence-corrected chi connectivity index (χ1v) is 8.04. The van der Waals surface area contributed by atoms with Crippen LogP contribution in [-0.2, 0) is 14.3 Å². The van der Waals surface area contributed by atoms with E-state index in [1.165, 1.54) is 48.2 Å². The van der Waals surface area contributed by atoms with Crippen LogP contribution in [0.5, 0.6) is 0 Å². The van der Waals surface area contributed by atoms with Crippen molar-refractivity contribution in [3.63, 3.8) is 0 Å². The molecule has 0 spiro atoms. The number of methoxy groups -OCH3 is 1. The fraction of sp³-hybridized carbons (Fsp3) is 0.294. The van der Waals surface area contributed by atoms with E-state index in [2.05, 4.69) is 15.0 Å². The molecule has 1 aliphatic rings. The highest BCUT2D eigenvalue weighted by molar-refractivity contribution is 5.90. The SMILES string of the molecule is COC(=O)c1cn(-c2ccc(N3C[C@H](CNC(C)=O)OC3=O)cc2F)cn1. The number of esters is 1. The van der Waals surface area contributed by atoms with Crippen LogP contribution >= 0.6 is 0 Å². The molecule has 1 aliphatic heterocycles. The van der Waals surface area contributed by atoms with E-state index in [1.54, 1.807) is 6.07 Å². The van der Waals surface area contributed by atoms with Crippen molar-refractivity contribution in [1.82, 2.24) is 14.9 Å². The van der Waals surface area contributed by atoms with Crippen LogP contribution in [0.3, 0.4) is 0 Å². The molecule has 3 rings (SSSR count). The second-order valence-electron chi connectivity index (χ2n) is 5.85. The number of anilines is 1. The maximum Gasteiger partial charge on any atom is 0.414 e. The first-order valence-electron chi connectivity index (χ1n) is 8.04. The van der Waals surface area contributed by atoms with Crippen LogP contribution in [0.25, 0.3) is 5.69 Å². The van der Waals surface area contributed by atoms with Gasteiger partial charge in [-0.2, -0.15) is 0 Å². The zero-order valence-electron chi connectivity index (χ0n) is 14.6. The van der Waals surface area contributed by atoms with Gasteiger partial charge in [-0.25, -0.2) is 19.0 Å². The number of nitrogens with zero attached hydrogens (tertiary/aromatic N) is 3. The molecular formula is C17H17FN4O5. The molecule has 0 unspecified atom stereocenters. The summed E-state index contributed by atoms with van der Waals surface area (Å²) in [5.74, 6) is -1.47. The van der Waals surface area contributed by atoms with Crippen molar-refractivity contribution < 1.29 is 28.2 Å². The van der Waals surface area contributed by atoms with Crippen LogP contribution in [0.4, 0.5) is 14.9 Å². The quantitative estimate of drug-likeness (QED) is 0.788. The molecule has 2 aromatic rings. The average Bonchev–Trinajstić information content (AvgIpc) is 3.26. The molecule has 1 aromatic carbocycles. The summed E-state index contributed by atoms with van der Waals surface area (Å²) in [5, 5.41) is 2.57. The molecule has 1 saturated heterocycles. The van der Waals surface area contributed by atoms with E-state index in [0.29, 0.717) is 5.69 Å². The van der Waals surface area contributed by atoms with E-state index < -0.39 is 24.0 Å². The Morgan fingerprint density at radius 2 is 2.22 bits per heavy atom. The van der Waals surface area contributed by atoms with Crippen LogP contribution in [0.1, 0.15) is 17.4 Å². The van der Waals surface area contributed by atoms with Crippen LogP contribution in [0.15, 0.2) is 30.7 Å². The minimum absolute atomic E-state index is 0.0462. The number of carbonyl (C=O) groups is 3. The summed E-state index contributed by atoms with van der Waals surface area (Å²) in [4.78, 5) is 39.6. The van der Waals surface area contributed by atoms with Crippen LogP contribution in [-0.4, -0.2) is 53.8 Å². The monoisotopic (exact) mass is 376 g/mol. The van der Waals surface area contributed by atoms with Gasteiger partial charge in [-0.1, -0.05) is 0 Å². The number of hydrogen-bond donors (Lipinski definition) is 1. The predicted octanol–water partition coefficient (Wildman–Crippen LogP) is 1.26. The highest BCUT2D eigenvalue weighted by Crippen LogP contribution is 2.25. The molecule has 0 radical (unpaired) electrons. The fourth-order valence-electron chi connectivity index (χ4n) is 2.63. The number of amides is 2. The number of ether oxygens (including phenoxy) is 2. The Balaban J connectivity index is 1.77. The van der Waals surface area contributed by atoms with Gasteiger partial charge in [0.15, 0.2) is 5.69 Å². The molecule has 1 N–H and O–H groups in total. The van der Waals surface area contributed by atoms with E-state index in [-0.39, 0.29) is 30.4 Å². The maximum absolute atomic E-state index is 14.6. The van der Waals surface area contributed by atoms with Crippen molar-refractivity contribution in [1.29, 1.82) is 0 Å². The summed E-state index contributed by atoms with van der Waals surface area (Å²) in [6.07, 6.45) is 1.50. The molecule has 9 nitrogen and oxygen atoms in total. The van der Waals surface area contributed by atoms with E-state index in [0.717, 1.165) is 0 Å². The number of imidazole rings is 1. The van der Waals surface area contributed by atoms with Crippen molar-refractivity contribution in [2.24, 2.45) is 0 Å². The van der Waals surface area contributed by atoms with Gasteiger partial charge in [0.2, 0.25) is 5.91 Å². The van der Waals surface area contributed by atoms with Gasteiger partial charge in [-0.05, 0) is 18.2 Å². The molecule has 27 heavy (non-hydrogen) atoms. The Hall–Kier alpha value is -3.43.